The summed E-state index contributed by atoms with van der Waals surface area (Å²) in [7, 11) is 0. The van der Waals surface area contributed by atoms with Gasteiger partial charge in [-0.05, 0) is 10.8 Å². The van der Waals surface area contributed by atoms with Gasteiger partial charge in [0.1, 0.15) is 0 Å². The summed E-state index contributed by atoms with van der Waals surface area (Å²) in [5, 5.41) is 0. The van der Waals surface area contributed by atoms with Gasteiger partial charge in [-0.3, -0.25) is 0 Å². The minimum absolute atomic E-state index is 0. The van der Waals surface area contributed by atoms with Gasteiger partial charge >= 0.3 is 26.2 Å². The van der Waals surface area contributed by atoms with Crippen LogP contribution in [0.15, 0.2) is 36.5 Å². The van der Waals surface area contributed by atoms with E-state index in [2.05, 4.69) is 63.6 Å². The fourth-order valence-corrected chi connectivity index (χ4v) is 4.15. The maximum Gasteiger partial charge on any atom is 3.00 e. The zero-order valence-corrected chi connectivity index (χ0v) is 16.1. The van der Waals surface area contributed by atoms with Crippen LogP contribution in [0.1, 0.15) is 33.6 Å². The molecule has 0 heterocycles. The number of hydrogen-bond acceptors (Lipinski definition) is 0. The number of rotatable bonds is 1. The summed E-state index contributed by atoms with van der Waals surface area (Å²) in [5.41, 5.74) is 0.684. The van der Waals surface area contributed by atoms with Crippen molar-refractivity contribution in [2.75, 3.05) is 0 Å². The van der Waals surface area contributed by atoms with E-state index in [0.29, 0.717) is 16.7 Å². The van der Waals surface area contributed by atoms with Crippen LogP contribution in [0.3, 0.4) is 0 Å². The molecule has 0 N–H and O–H groups in total. The largest absolute Gasteiger partial charge is 3.00 e. The van der Waals surface area contributed by atoms with Crippen LogP contribution in [0.25, 0.3) is 0 Å². The summed E-state index contributed by atoms with van der Waals surface area (Å²) in [5.74, 6) is 2.19. The predicted octanol–water partition coefficient (Wildman–Crippen LogP) is 5.46. The van der Waals surface area contributed by atoms with E-state index in [-0.39, 0.29) is 41.1 Å². The molecule has 0 aromatic rings. The smallest absolute Gasteiger partial charge is 0.358 e. The molecule has 0 aliphatic heterocycles. The van der Waals surface area contributed by atoms with Gasteiger partial charge < -0.3 is 21.3 Å². The van der Waals surface area contributed by atoms with E-state index in [1.165, 1.54) is 12.8 Å². The minimum Gasteiger partial charge on any atom is -0.358 e. The first kappa shape index (κ1) is 20.1. The minimum atomic E-state index is 0. The van der Waals surface area contributed by atoms with Crippen molar-refractivity contribution in [1.82, 2.24) is 0 Å². The summed E-state index contributed by atoms with van der Waals surface area (Å²) >= 11 is 0. The van der Waals surface area contributed by atoms with Crippen molar-refractivity contribution in [3.8, 4) is 0 Å². The van der Waals surface area contributed by atoms with Crippen LogP contribution in [-0.4, -0.2) is 0 Å². The Hall–Kier alpha value is 0.103. The van der Waals surface area contributed by atoms with Crippen LogP contribution in [-0.2, 0) is 26.2 Å². The molecular weight excluding hydrogens is 319 g/mol. The molecule has 3 aliphatic rings. The summed E-state index contributed by atoms with van der Waals surface area (Å²) in [6.07, 6.45) is 19.4. The predicted molar refractivity (Wildman–Crippen MR) is 86.1 cm³/mol. The van der Waals surface area contributed by atoms with Gasteiger partial charge in [0.2, 0.25) is 0 Å². The molecule has 0 amide bonds. The number of fused-ring (bicyclic) bond motifs is 1. The van der Waals surface area contributed by atoms with Gasteiger partial charge in [0.05, 0.1) is 0 Å². The van der Waals surface area contributed by atoms with Crippen LogP contribution >= 0.6 is 0 Å². The zero-order valence-electron chi connectivity index (χ0n) is 13.7. The Morgan fingerprint density at radius 2 is 1.60 bits per heavy atom. The molecule has 0 nitrogen and oxygen atoms in total. The molecule has 1 saturated carbocycles. The monoisotopic (exact) mass is 347 g/mol. The van der Waals surface area contributed by atoms with E-state index in [4.69, 9.17) is 0 Å². The van der Waals surface area contributed by atoms with Crippen molar-refractivity contribution < 1.29 is 26.2 Å². The Bertz CT molecular complexity index is 390. The van der Waals surface area contributed by atoms with Crippen LogP contribution in [0.2, 0.25) is 0 Å². The van der Waals surface area contributed by atoms with Crippen molar-refractivity contribution in [2.24, 2.45) is 28.6 Å². The Morgan fingerprint density at radius 3 is 2.20 bits per heavy atom. The maximum absolute atomic E-state index is 2.58. The first-order valence-electron chi connectivity index (χ1n) is 6.93. The summed E-state index contributed by atoms with van der Waals surface area (Å²) in [4.78, 5) is 0. The van der Waals surface area contributed by atoms with E-state index in [0.717, 1.165) is 11.8 Å². The second kappa shape index (κ2) is 6.91. The normalized spacial score (nSPS) is 36.8. The Labute approximate surface area is 145 Å². The van der Waals surface area contributed by atoms with E-state index < -0.39 is 0 Å². The van der Waals surface area contributed by atoms with Gasteiger partial charge in [-0.2, -0.15) is 12.3 Å². The van der Waals surface area contributed by atoms with Crippen molar-refractivity contribution >= 4 is 0 Å². The molecule has 109 valence electrons. The fourth-order valence-electron chi connectivity index (χ4n) is 4.15. The van der Waals surface area contributed by atoms with Gasteiger partial charge in [-0.1, -0.05) is 69.6 Å². The molecule has 0 spiro atoms. The molecule has 3 aliphatic carbocycles. The first-order chi connectivity index (χ1) is 8.04. The Balaban J connectivity index is 0.00000120. The average molecular weight is 349 g/mol. The van der Waals surface area contributed by atoms with E-state index in [9.17, 15) is 0 Å². The van der Waals surface area contributed by atoms with Gasteiger partial charge in [0.15, 0.2) is 0 Å². The van der Waals surface area contributed by atoms with Gasteiger partial charge in [0, 0.05) is 5.92 Å². The van der Waals surface area contributed by atoms with Crippen molar-refractivity contribution in [3.63, 3.8) is 0 Å². The van der Waals surface area contributed by atoms with E-state index in [1.807, 2.05) is 0 Å². The molecule has 3 rings (SSSR count). The Kier molecular flexibility index (Phi) is 6.94. The Morgan fingerprint density at radius 1 is 1.00 bits per heavy atom. The summed E-state index contributed by atoms with van der Waals surface area (Å²) in [6, 6.07) is 0. The third kappa shape index (κ3) is 2.99. The number of hydrogen-bond donors (Lipinski definition) is 0. The molecule has 1 radical (unpaired) electrons. The average Bonchev–Trinajstić information content (AvgIpc) is 2.94. The van der Waals surface area contributed by atoms with Crippen LogP contribution in [0, 0.1) is 49.9 Å². The molecule has 0 aromatic carbocycles. The van der Waals surface area contributed by atoms with E-state index in [1.54, 1.807) is 0 Å². The molecule has 1 heteroatoms. The van der Waals surface area contributed by atoms with Gasteiger partial charge in [-0.15, -0.1) is 0 Å². The molecule has 0 aromatic heterocycles. The van der Waals surface area contributed by atoms with Crippen LogP contribution in [0.5, 0.6) is 0 Å². The second-order valence-electron chi connectivity index (χ2n) is 6.76. The SMILES string of the molecule is CC1(C)C=CC(C)(C2C=CC=C2)C2CC[CH-]C21.[CH3-].[CH3-].[Zr+3]. The van der Waals surface area contributed by atoms with Gasteiger partial charge in [0.25, 0.3) is 0 Å². The quantitative estimate of drug-likeness (QED) is 0.436. The second-order valence-corrected chi connectivity index (χ2v) is 6.76. The molecule has 1 fully saturated rings. The summed E-state index contributed by atoms with van der Waals surface area (Å²) < 4.78 is 0. The molecular formula is C19H29Zr. The van der Waals surface area contributed by atoms with Crippen LogP contribution in [0.4, 0.5) is 0 Å². The van der Waals surface area contributed by atoms with Crippen LogP contribution < -0.4 is 0 Å². The summed E-state index contributed by atoms with van der Waals surface area (Å²) in [6.45, 7) is 7.24. The molecule has 0 saturated heterocycles. The van der Waals surface area contributed by atoms with Crippen molar-refractivity contribution in [2.45, 2.75) is 33.6 Å². The van der Waals surface area contributed by atoms with Crippen molar-refractivity contribution in [1.29, 1.82) is 0 Å². The number of allylic oxidation sites excluding steroid dienone is 6. The fraction of sp³-hybridized carbons (Fsp3) is 0.526. The van der Waals surface area contributed by atoms with Crippen molar-refractivity contribution in [3.05, 3.63) is 57.7 Å². The van der Waals surface area contributed by atoms with E-state index >= 15 is 0 Å². The molecule has 3 unspecified atom stereocenters. The molecule has 20 heavy (non-hydrogen) atoms. The topological polar surface area (TPSA) is 0 Å². The molecule has 0 bridgehead atoms. The first-order valence-corrected chi connectivity index (χ1v) is 6.93. The molecule has 3 atom stereocenters. The third-order valence-corrected chi connectivity index (χ3v) is 5.33. The van der Waals surface area contributed by atoms with Gasteiger partial charge in [-0.25, -0.2) is 0 Å². The zero-order chi connectivity index (χ0) is 12.1. The third-order valence-electron chi connectivity index (χ3n) is 5.33. The standard InChI is InChI=1S/C17H23.2CH3.Zr/c1-16(2)11-12-17(3,13-7-4-5-8-13)15-10-6-9-14(15)16;;;/h4-5,7-9,11-15H,6,10H2,1-3H3;2*1H3;/q3*-1;+3. The maximum atomic E-state index is 2.58.